The largest absolute Gasteiger partial charge is 0.375 e. The molecule has 0 saturated heterocycles. The lowest BCUT2D eigenvalue weighted by Crippen LogP contribution is -2.15. The first kappa shape index (κ1) is 11.9. The third-order valence-electron chi connectivity index (χ3n) is 2.44. The van der Waals surface area contributed by atoms with Crippen LogP contribution >= 0.6 is 0 Å². The van der Waals surface area contributed by atoms with E-state index in [1.165, 1.54) is 18.2 Å². The molecule has 0 radical (unpaired) electrons. The molecular formula is C12H12O4S. The molecule has 1 aromatic carbocycles. The molecule has 1 aromatic rings. The fourth-order valence-electron chi connectivity index (χ4n) is 1.57. The average Bonchev–Trinajstić information content (AvgIpc) is 2.33. The van der Waals surface area contributed by atoms with Gasteiger partial charge in [0.25, 0.3) is 0 Å². The number of benzene rings is 1. The van der Waals surface area contributed by atoms with E-state index in [1.807, 2.05) is 0 Å². The van der Waals surface area contributed by atoms with Crippen LogP contribution in [0.15, 0.2) is 47.1 Å². The summed E-state index contributed by atoms with van der Waals surface area (Å²) in [6.45, 7) is 0. The summed E-state index contributed by atoms with van der Waals surface area (Å²) in [7, 11) is -3.88. The van der Waals surface area contributed by atoms with E-state index in [4.69, 9.17) is 4.18 Å². The van der Waals surface area contributed by atoms with Crippen molar-refractivity contribution in [3.05, 3.63) is 42.2 Å². The van der Waals surface area contributed by atoms with Crippen molar-refractivity contribution in [1.29, 1.82) is 0 Å². The van der Waals surface area contributed by atoms with Gasteiger partial charge in [-0.15, -0.1) is 0 Å². The zero-order valence-electron chi connectivity index (χ0n) is 9.13. The van der Waals surface area contributed by atoms with Crippen molar-refractivity contribution in [3.8, 4) is 0 Å². The van der Waals surface area contributed by atoms with Gasteiger partial charge in [-0.2, -0.15) is 8.42 Å². The van der Waals surface area contributed by atoms with Crippen LogP contribution in [0.25, 0.3) is 0 Å². The van der Waals surface area contributed by atoms with Crippen molar-refractivity contribution >= 4 is 15.9 Å². The summed E-state index contributed by atoms with van der Waals surface area (Å²) in [6, 6.07) is 7.79. The molecule has 0 bridgehead atoms. The molecule has 17 heavy (non-hydrogen) atoms. The van der Waals surface area contributed by atoms with Gasteiger partial charge in [-0.1, -0.05) is 18.2 Å². The normalized spacial score (nSPS) is 16.5. The lowest BCUT2D eigenvalue weighted by molar-refractivity contribution is -0.118. The van der Waals surface area contributed by atoms with E-state index in [9.17, 15) is 13.2 Å². The Labute approximate surface area is 100 Å². The quantitative estimate of drug-likeness (QED) is 0.772. The molecule has 0 atom stereocenters. The van der Waals surface area contributed by atoms with Gasteiger partial charge < -0.3 is 4.18 Å². The Morgan fingerprint density at radius 1 is 1.12 bits per heavy atom. The highest BCUT2D eigenvalue weighted by Crippen LogP contribution is 2.21. The molecule has 0 spiro atoms. The first-order valence-electron chi connectivity index (χ1n) is 5.32. The Bertz CT molecular complexity index is 543. The highest BCUT2D eigenvalue weighted by Gasteiger charge is 2.23. The summed E-state index contributed by atoms with van der Waals surface area (Å²) in [4.78, 5) is 11.5. The molecule has 0 aromatic heterocycles. The van der Waals surface area contributed by atoms with Crippen LogP contribution in [-0.4, -0.2) is 14.2 Å². The Morgan fingerprint density at radius 2 is 1.82 bits per heavy atom. The number of carbonyl (C=O) groups excluding carboxylic acids is 1. The molecule has 0 amide bonds. The predicted molar refractivity (Wildman–Crippen MR) is 61.7 cm³/mol. The summed E-state index contributed by atoms with van der Waals surface area (Å²) in [5.74, 6) is -0.309. The lowest BCUT2D eigenvalue weighted by Gasteiger charge is -2.12. The molecule has 2 rings (SSSR count). The summed E-state index contributed by atoms with van der Waals surface area (Å²) in [5.41, 5.74) is 0. The van der Waals surface area contributed by atoms with Gasteiger partial charge in [0.2, 0.25) is 0 Å². The highest BCUT2D eigenvalue weighted by molar-refractivity contribution is 7.86. The second-order valence-electron chi connectivity index (χ2n) is 3.73. The zero-order chi connectivity index (χ0) is 12.3. The van der Waals surface area contributed by atoms with Crippen LogP contribution in [0, 0.1) is 0 Å². The number of ketones is 1. The Morgan fingerprint density at radius 3 is 2.47 bits per heavy atom. The van der Waals surface area contributed by atoms with Crippen LogP contribution in [-0.2, 0) is 19.1 Å². The Hall–Kier alpha value is -1.62. The van der Waals surface area contributed by atoms with E-state index in [2.05, 4.69) is 0 Å². The average molecular weight is 252 g/mol. The third-order valence-corrected chi connectivity index (χ3v) is 3.69. The van der Waals surface area contributed by atoms with E-state index >= 15 is 0 Å². The van der Waals surface area contributed by atoms with Gasteiger partial charge in [0.15, 0.2) is 11.5 Å². The number of Topliss-reactive ketones (excluding diaryl/α,β-unsaturated/α-hetero) is 1. The monoisotopic (exact) mass is 252 g/mol. The first-order valence-corrected chi connectivity index (χ1v) is 6.73. The van der Waals surface area contributed by atoms with Gasteiger partial charge in [-0.05, 0) is 31.1 Å². The van der Waals surface area contributed by atoms with Gasteiger partial charge in [0, 0.05) is 6.42 Å². The van der Waals surface area contributed by atoms with E-state index in [1.54, 1.807) is 18.2 Å². The molecular weight excluding hydrogens is 240 g/mol. The number of hydrogen-bond acceptors (Lipinski definition) is 4. The van der Waals surface area contributed by atoms with Crippen molar-refractivity contribution in [2.75, 3.05) is 0 Å². The summed E-state index contributed by atoms with van der Waals surface area (Å²) < 4.78 is 28.5. The van der Waals surface area contributed by atoms with Gasteiger partial charge in [-0.3, -0.25) is 4.79 Å². The van der Waals surface area contributed by atoms with Gasteiger partial charge >= 0.3 is 10.1 Å². The van der Waals surface area contributed by atoms with Crippen molar-refractivity contribution < 1.29 is 17.4 Å². The SMILES string of the molecule is O=C1CCCC=C1OS(=O)(=O)c1ccccc1. The van der Waals surface area contributed by atoms with Crippen LogP contribution < -0.4 is 0 Å². The molecule has 5 heteroatoms. The molecule has 90 valence electrons. The second kappa shape index (κ2) is 4.71. The summed E-state index contributed by atoms with van der Waals surface area (Å²) >= 11 is 0. The fraction of sp³-hybridized carbons (Fsp3) is 0.250. The molecule has 1 aliphatic carbocycles. The van der Waals surface area contributed by atoms with E-state index < -0.39 is 10.1 Å². The minimum atomic E-state index is -3.88. The number of hydrogen-bond donors (Lipinski definition) is 0. The number of rotatable bonds is 3. The van der Waals surface area contributed by atoms with Crippen LogP contribution in [0.2, 0.25) is 0 Å². The maximum atomic E-state index is 11.8. The van der Waals surface area contributed by atoms with E-state index in [-0.39, 0.29) is 16.4 Å². The van der Waals surface area contributed by atoms with Crippen LogP contribution in [0.3, 0.4) is 0 Å². The third kappa shape index (κ3) is 2.74. The standard InChI is InChI=1S/C12H12O4S/c13-11-8-4-5-9-12(11)16-17(14,15)10-6-2-1-3-7-10/h1-3,6-7,9H,4-5,8H2. The van der Waals surface area contributed by atoms with Crippen molar-refractivity contribution in [2.24, 2.45) is 0 Å². The maximum absolute atomic E-state index is 11.8. The zero-order valence-corrected chi connectivity index (χ0v) is 9.94. The van der Waals surface area contributed by atoms with Gasteiger partial charge in [0.05, 0.1) is 0 Å². The minimum Gasteiger partial charge on any atom is -0.375 e. The van der Waals surface area contributed by atoms with Crippen LogP contribution in [0.4, 0.5) is 0 Å². The second-order valence-corrected chi connectivity index (χ2v) is 5.28. The van der Waals surface area contributed by atoms with Gasteiger partial charge in [0.1, 0.15) is 4.90 Å². The number of carbonyl (C=O) groups is 1. The maximum Gasteiger partial charge on any atom is 0.339 e. The molecule has 0 fully saturated rings. The number of allylic oxidation sites excluding steroid dienone is 2. The summed E-state index contributed by atoms with van der Waals surface area (Å²) in [5, 5.41) is 0. The van der Waals surface area contributed by atoms with Crippen LogP contribution in [0.1, 0.15) is 19.3 Å². The van der Waals surface area contributed by atoms with Crippen LogP contribution in [0.5, 0.6) is 0 Å². The van der Waals surface area contributed by atoms with E-state index in [0.717, 1.165) is 6.42 Å². The first-order chi connectivity index (χ1) is 8.09. The van der Waals surface area contributed by atoms with Gasteiger partial charge in [-0.25, -0.2) is 0 Å². The molecule has 1 aliphatic rings. The molecule has 0 saturated carbocycles. The molecule has 0 heterocycles. The van der Waals surface area contributed by atoms with E-state index in [0.29, 0.717) is 12.8 Å². The topological polar surface area (TPSA) is 60.4 Å². The summed E-state index contributed by atoms with van der Waals surface area (Å²) in [6.07, 6.45) is 3.30. The minimum absolute atomic E-state index is 0.0549. The van der Waals surface area contributed by atoms with Crippen molar-refractivity contribution in [1.82, 2.24) is 0 Å². The molecule has 4 nitrogen and oxygen atoms in total. The predicted octanol–water partition coefficient (Wildman–Crippen LogP) is 2.03. The molecule has 0 aliphatic heterocycles. The fourth-order valence-corrected chi connectivity index (χ4v) is 2.55. The van der Waals surface area contributed by atoms with Crippen molar-refractivity contribution in [2.45, 2.75) is 24.2 Å². The van der Waals surface area contributed by atoms with Crippen molar-refractivity contribution in [3.63, 3.8) is 0 Å². The molecule has 0 N–H and O–H groups in total. The Kier molecular flexibility index (Phi) is 3.28. The molecule has 0 unspecified atom stereocenters. The Balaban J connectivity index is 2.24. The highest BCUT2D eigenvalue weighted by atomic mass is 32.2. The lowest BCUT2D eigenvalue weighted by atomic mass is 10.1. The smallest absolute Gasteiger partial charge is 0.339 e.